The summed E-state index contributed by atoms with van der Waals surface area (Å²) >= 11 is 0. The Balaban J connectivity index is 2.18. The topological polar surface area (TPSA) is 30.5 Å². The second-order valence-electron chi connectivity index (χ2n) is 4.41. The molecule has 0 aliphatic heterocycles. The Labute approximate surface area is 118 Å². The van der Waals surface area contributed by atoms with Crippen LogP contribution >= 0.6 is 0 Å². The molecule has 1 atom stereocenters. The number of anilines is 1. The Hall–Kier alpha value is -2.07. The lowest BCUT2D eigenvalue weighted by molar-refractivity contribution is 0.186. The summed E-state index contributed by atoms with van der Waals surface area (Å²) < 4.78 is 23.8. The Bertz CT molecular complexity index is 545. The summed E-state index contributed by atoms with van der Waals surface area (Å²) in [5, 5.41) is 3.27. The van der Waals surface area contributed by atoms with Crippen LogP contribution in [0.3, 0.4) is 0 Å². The van der Waals surface area contributed by atoms with Crippen molar-refractivity contribution >= 4 is 5.69 Å². The average molecular weight is 275 g/mol. The molecule has 0 aliphatic carbocycles. The van der Waals surface area contributed by atoms with E-state index >= 15 is 0 Å². The average Bonchev–Trinajstić information content (AvgIpc) is 2.48. The number of benzene rings is 2. The number of hydrogen-bond acceptors (Lipinski definition) is 3. The molecule has 4 heteroatoms. The number of hydrogen-bond donors (Lipinski definition) is 1. The number of methoxy groups -OCH3 is 2. The van der Waals surface area contributed by atoms with Gasteiger partial charge in [0.1, 0.15) is 0 Å². The van der Waals surface area contributed by atoms with E-state index in [4.69, 9.17) is 9.47 Å². The van der Waals surface area contributed by atoms with Crippen molar-refractivity contribution < 1.29 is 13.9 Å². The van der Waals surface area contributed by atoms with Gasteiger partial charge in [0, 0.05) is 18.9 Å². The number of rotatable bonds is 6. The van der Waals surface area contributed by atoms with Crippen LogP contribution in [0, 0.1) is 5.82 Å². The Kier molecular flexibility index (Phi) is 4.96. The molecule has 1 N–H and O–H groups in total. The monoisotopic (exact) mass is 275 g/mol. The van der Waals surface area contributed by atoms with Crippen LogP contribution in [-0.2, 0) is 4.74 Å². The van der Waals surface area contributed by atoms with Crippen LogP contribution in [0.25, 0.3) is 0 Å². The molecule has 0 aliphatic rings. The second kappa shape index (κ2) is 6.91. The van der Waals surface area contributed by atoms with Gasteiger partial charge in [0.05, 0.1) is 19.8 Å². The fourth-order valence-corrected chi connectivity index (χ4v) is 2.03. The first kappa shape index (κ1) is 14.3. The van der Waals surface area contributed by atoms with Gasteiger partial charge in [-0.1, -0.05) is 30.3 Å². The van der Waals surface area contributed by atoms with Crippen LogP contribution in [0.2, 0.25) is 0 Å². The first-order valence-electron chi connectivity index (χ1n) is 6.38. The maximum Gasteiger partial charge on any atom is 0.167 e. The fraction of sp³-hybridized carbons (Fsp3) is 0.250. The number of nitrogens with one attached hydrogen (secondary N) is 1. The first-order valence-corrected chi connectivity index (χ1v) is 6.38. The molecule has 0 amide bonds. The van der Waals surface area contributed by atoms with E-state index in [-0.39, 0.29) is 17.6 Å². The second-order valence-corrected chi connectivity index (χ2v) is 4.41. The molecule has 106 valence electrons. The minimum Gasteiger partial charge on any atom is -0.494 e. The molecule has 0 spiro atoms. The largest absolute Gasteiger partial charge is 0.494 e. The highest BCUT2D eigenvalue weighted by atomic mass is 19.1. The fourth-order valence-electron chi connectivity index (χ4n) is 2.03. The Morgan fingerprint density at radius 1 is 1.10 bits per heavy atom. The summed E-state index contributed by atoms with van der Waals surface area (Å²) in [5.41, 5.74) is 1.78. The van der Waals surface area contributed by atoms with Crippen LogP contribution in [0.1, 0.15) is 11.6 Å². The highest BCUT2D eigenvalue weighted by Gasteiger charge is 2.12. The summed E-state index contributed by atoms with van der Waals surface area (Å²) in [6.45, 7) is 0.498. The summed E-state index contributed by atoms with van der Waals surface area (Å²) in [6, 6.07) is 14.7. The Morgan fingerprint density at radius 2 is 1.85 bits per heavy atom. The highest BCUT2D eigenvalue weighted by Crippen LogP contribution is 2.24. The van der Waals surface area contributed by atoms with E-state index in [0.29, 0.717) is 12.3 Å². The summed E-state index contributed by atoms with van der Waals surface area (Å²) in [5.74, 6) is -0.153. The van der Waals surface area contributed by atoms with Crippen molar-refractivity contribution in [2.24, 2.45) is 0 Å². The molecule has 2 rings (SSSR count). The molecule has 0 fully saturated rings. The van der Waals surface area contributed by atoms with Crippen molar-refractivity contribution in [2.45, 2.75) is 6.04 Å². The van der Waals surface area contributed by atoms with Gasteiger partial charge in [-0.2, -0.15) is 0 Å². The maximum atomic E-state index is 13.7. The molecule has 0 aromatic heterocycles. The standard InChI is InChI=1S/C16H18FNO2/c1-19-11-15(12-6-4-3-5-7-12)18-13-8-9-16(20-2)14(17)10-13/h3-10,15,18H,11H2,1-2H3. The van der Waals surface area contributed by atoms with E-state index in [1.807, 2.05) is 30.3 Å². The van der Waals surface area contributed by atoms with Crippen molar-refractivity contribution in [1.82, 2.24) is 0 Å². The van der Waals surface area contributed by atoms with Crippen molar-refractivity contribution in [2.75, 3.05) is 26.1 Å². The van der Waals surface area contributed by atoms with E-state index < -0.39 is 0 Å². The summed E-state index contributed by atoms with van der Waals surface area (Å²) in [6.07, 6.45) is 0. The van der Waals surface area contributed by atoms with Crippen molar-refractivity contribution in [3.05, 3.63) is 59.9 Å². The molecule has 2 aromatic carbocycles. The first-order chi connectivity index (χ1) is 9.74. The van der Waals surface area contributed by atoms with Crippen LogP contribution < -0.4 is 10.1 Å². The third kappa shape index (κ3) is 3.48. The van der Waals surface area contributed by atoms with Crippen molar-refractivity contribution in [3.63, 3.8) is 0 Å². The van der Waals surface area contributed by atoms with Crippen LogP contribution in [0.4, 0.5) is 10.1 Å². The zero-order valence-corrected chi connectivity index (χ0v) is 11.6. The molecule has 20 heavy (non-hydrogen) atoms. The third-order valence-electron chi connectivity index (χ3n) is 3.03. The van der Waals surface area contributed by atoms with Gasteiger partial charge in [0.15, 0.2) is 11.6 Å². The summed E-state index contributed by atoms with van der Waals surface area (Å²) in [7, 11) is 3.09. The minimum atomic E-state index is -0.387. The molecular formula is C16H18FNO2. The van der Waals surface area contributed by atoms with Gasteiger partial charge in [-0.05, 0) is 17.7 Å². The smallest absolute Gasteiger partial charge is 0.167 e. The third-order valence-corrected chi connectivity index (χ3v) is 3.03. The van der Waals surface area contributed by atoms with Crippen LogP contribution in [0.5, 0.6) is 5.75 Å². The van der Waals surface area contributed by atoms with E-state index in [1.54, 1.807) is 19.2 Å². The van der Waals surface area contributed by atoms with Crippen LogP contribution in [-0.4, -0.2) is 20.8 Å². The lowest BCUT2D eigenvalue weighted by Gasteiger charge is -2.20. The molecular weight excluding hydrogens is 257 g/mol. The van der Waals surface area contributed by atoms with Gasteiger partial charge < -0.3 is 14.8 Å². The van der Waals surface area contributed by atoms with Crippen molar-refractivity contribution in [3.8, 4) is 5.75 Å². The van der Waals surface area contributed by atoms with Gasteiger partial charge in [-0.15, -0.1) is 0 Å². The SMILES string of the molecule is COCC(Nc1ccc(OC)c(F)c1)c1ccccc1. The van der Waals surface area contributed by atoms with Gasteiger partial charge in [-0.3, -0.25) is 0 Å². The van der Waals surface area contributed by atoms with Crippen LogP contribution in [0.15, 0.2) is 48.5 Å². The van der Waals surface area contributed by atoms with E-state index in [2.05, 4.69) is 5.32 Å². The van der Waals surface area contributed by atoms with Gasteiger partial charge >= 0.3 is 0 Å². The molecule has 0 saturated heterocycles. The minimum absolute atomic E-state index is 0.0333. The lowest BCUT2D eigenvalue weighted by atomic mass is 10.1. The number of halogens is 1. The van der Waals surface area contributed by atoms with E-state index in [9.17, 15) is 4.39 Å². The van der Waals surface area contributed by atoms with Gasteiger partial charge in [0.25, 0.3) is 0 Å². The number of ether oxygens (including phenoxy) is 2. The molecule has 0 saturated carbocycles. The summed E-state index contributed by atoms with van der Waals surface area (Å²) in [4.78, 5) is 0. The molecule has 3 nitrogen and oxygen atoms in total. The Morgan fingerprint density at radius 3 is 2.45 bits per heavy atom. The molecule has 1 unspecified atom stereocenters. The van der Waals surface area contributed by atoms with Gasteiger partial charge in [0.2, 0.25) is 0 Å². The quantitative estimate of drug-likeness (QED) is 0.873. The molecule has 0 heterocycles. The van der Waals surface area contributed by atoms with E-state index in [1.165, 1.54) is 13.2 Å². The molecule has 0 radical (unpaired) electrons. The molecule has 2 aromatic rings. The molecule has 0 bridgehead atoms. The zero-order chi connectivity index (χ0) is 14.4. The van der Waals surface area contributed by atoms with Gasteiger partial charge in [-0.25, -0.2) is 4.39 Å². The normalized spacial score (nSPS) is 11.9. The highest BCUT2D eigenvalue weighted by molar-refractivity contribution is 5.49. The maximum absolute atomic E-state index is 13.7. The predicted molar refractivity (Wildman–Crippen MR) is 77.6 cm³/mol. The van der Waals surface area contributed by atoms with Crippen molar-refractivity contribution in [1.29, 1.82) is 0 Å². The predicted octanol–water partition coefficient (Wildman–Crippen LogP) is 3.63. The van der Waals surface area contributed by atoms with E-state index in [0.717, 1.165) is 5.56 Å². The lowest BCUT2D eigenvalue weighted by Crippen LogP contribution is -2.16. The zero-order valence-electron chi connectivity index (χ0n) is 11.6.